The second kappa shape index (κ2) is 10.8. The number of benzene rings is 2. The van der Waals surface area contributed by atoms with Gasteiger partial charge in [-0.05, 0) is 43.8 Å². The second-order valence-electron chi connectivity index (χ2n) is 7.12. The van der Waals surface area contributed by atoms with E-state index in [1.807, 2.05) is 44.4 Å². The summed E-state index contributed by atoms with van der Waals surface area (Å²) in [4.78, 5) is 26.2. The number of amides is 2. The predicted molar refractivity (Wildman–Crippen MR) is 113 cm³/mol. The fraction of sp³-hybridized carbons (Fsp3) is 0.364. The summed E-state index contributed by atoms with van der Waals surface area (Å²) in [6.45, 7) is 1.98. The largest absolute Gasteiger partial charge is 0.354 e. The molecule has 0 heterocycles. The number of nitrogens with zero attached hydrogens (tertiary/aromatic N) is 1. The molecule has 0 aliphatic heterocycles. The molecule has 0 saturated heterocycles. The number of carbonyl (C=O) groups excluding carboxylic acids is 2. The third-order valence-electron chi connectivity index (χ3n) is 4.62. The Morgan fingerprint density at radius 1 is 1.04 bits per heavy atom. The van der Waals surface area contributed by atoms with Gasteiger partial charge in [0.2, 0.25) is 11.8 Å². The fourth-order valence-corrected chi connectivity index (χ4v) is 3.13. The highest BCUT2D eigenvalue weighted by molar-refractivity contribution is 6.30. The highest BCUT2D eigenvalue weighted by atomic mass is 35.5. The Bertz CT molecular complexity index is 763. The van der Waals surface area contributed by atoms with Crippen LogP contribution in [0.4, 0.5) is 0 Å². The van der Waals surface area contributed by atoms with Gasteiger partial charge in [0.25, 0.3) is 0 Å². The molecule has 0 radical (unpaired) electrons. The van der Waals surface area contributed by atoms with Crippen LogP contribution in [0.3, 0.4) is 0 Å². The number of carbonyl (C=O) groups is 2. The van der Waals surface area contributed by atoms with Crippen LogP contribution in [0.1, 0.15) is 30.5 Å². The van der Waals surface area contributed by atoms with Crippen molar-refractivity contribution in [1.82, 2.24) is 15.5 Å². The molecule has 2 amide bonds. The van der Waals surface area contributed by atoms with Crippen molar-refractivity contribution < 1.29 is 9.59 Å². The topological polar surface area (TPSA) is 61.4 Å². The molecule has 2 unspecified atom stereocenters. The molecule has 0 aromatic heterocycles. The van der Waals surface area contributed by atoms with E-state index in [9.17, 15) is 9.59 Å². The maximum absolute atomic E-state index is 12.5. The van der Waals surface area contributed by atoms with E-state index in [-0.39, 0.29) is 30.3 Å². The van der Waals surface area contributed by atoms with Gasteiger partial charge in [0.1, 0.15) is 0 Å². The summed E-state index contributed by atoms with van der Waals surface area (Å²) in [5, 5.41) is 6.47. The maximum Gasteiger partial charge on any atom is 0.222 e. The lowest BCUT2D eigenvalue weighted by atomic mass is 10.0. The molecule has 5 nitrogen and oxygen atoms in total. The van der Waals surface area contributed by atoms with Crippen LogP contribution in [0.5, 0.6) is 0 Å². The molecule has 2 aromatic rings. The Morgan fingerprint density at radius 2 is 1.68 bits per heavy atom. The van der Waals surface area contributed by atoms with Gasteiger partial charge in [-0.25, -0.2) is 0 Å². The van der Waals surface area contributed by atoms with E-state index >= 15 is 0 Å². The van der Waals surface area contributed by atoms with E-state index in [1.165, 1.54) is 12.5 Å². The first-order valence-electron chi connectivity index (χ1n) is 9.34. The van der Waals surface area contributed by atoms with Crippen molar-refractivity contribution in [1.29, 1.82) is 0 Å². The van der Waals surface area contributed by atoms with Gasteiger partial charge in [-0.15, -0.1) is 0 Å². The van der Waals surface area contributed by atoms with E-state index in [0.717, 1.165) is 12.0 Å². The second-order valence-corrected chi connectivity index (χ2v) is 7.56. The molecule has 150 valence electrons. The average Bonchev–Trinajstić information content (AvgIpc) is 2.65. The van der Waals surface area contributed by atoms with Crippen molar-refractivity contribution in [3.8, 4) is 0 Å². The maximum atomic E-state index is 12.5. The summed E-state index contributed by atoms with van der Waals surface area (Å²) in [5.74, 6) is -0.281. The number of hydrogen-bond acceptors (Lipinski definition) is 3. The van der Waals surface area contributed by atoms with Crippen LogP contribution in [-0.2, 0) is 16.0 Å². The Kier molecular flexibility index (Phi) is 8.48. The molecule has 2 aromatic carbocycles. The normalized spacial score (nSPS) is 13.0. The monoisotopic (exact) mass is 401 g/mol. The Morgan fingerprint density at radius 3 is 2.25 bits per heavy atom. The molecule has 0 saturated carbocycles. The third kappa shape index (κ3) is 7.33. The van der Waals surface area contributed by atoms with Crippen LogP contribution in [0.25, 0.3) is 0 Å². The smallest absolute Gasteiger partial charge is 0.222 e. The Labute approximate surface area is 172 Å². The van der Waals surface area contributed by atoms with Crippen LogP contribution < -0.4 is 10.6 Å². The van der Waals surface area contributed by atoms with Crippen molar-refractivity contribution in [2.45, 2.75) is 31.8 Å². The van der Waals surface area contributed by atoms with E-state index in [2.05, 4.69) is 27.7 Å². The van der Waals surface area contributed by atoms with E-state index in [0.29, 0.717) is 11.6 Å². The first-order chi connectivity index (χ1) is 13.3. The van der Waals surface area contributed by atoms with Crippen LogP contribution in [0.2, 0.25) is 5.02 Å². The molecule has 6 heteroatoms. The molecule has 0 aliphatic carbocycles. The Hall–Kier alpha value is -2.37. The number of likely N-dealkylation sites (N-methyl/N-ethyl adjacent to an activating group) is 1. The molecule has 0 aliphatic rings. The number of nitrogens with one attached hydrogen (secondary N) is 2. The van der Waals surface area contributed by atoms with E-state index < -0.39 is 0 Å². The van der Waals surface area contributed by atoms with Crippen molar-refractivity contribution >= 4 is 23.4 Å². The van der Waals surface area contributed by atoms with Crippen molar-refractivity contribution in [2.75, 3.05) is 20.6 Å². The summed E-state index contributed by atoms with van der Waals surface area (Å²) < 4.78 is 0. The zero-order valence-electron chi connectivity index (χ0n) is 16.6. The SMILES string of the molecule is CC(=O)NC(CC(=O)NCC(Cc1ccccc1)N(C)C)c1ccc(Cl)cc1. The lowest BCUT2D eigenvalue weighted by Gasteiger charge is -2.25. The van der Waals surface area contributed by atoms with E-state index in [4.69, 9.17) is 11.6 Å². The summed E-state index contributed by atoms with van der Waals surface area (Å²) >= 11 is 5.94. The summed E-state index contributed by atoms with van der Waals surface area (Å²) in [6.07, 6.45) is 1.02. The molecule has 0 fully saturated rings. The van der Waals surface area contributed by atoms with Crippen LogP contribution >= 0.6 is 11.6 Å². The van der Waals surface area contributed by atoms with Crippen LogP contribution in [0.15, 0.2) is 54.6 Å². The molecular weight excluding hydrogens is 374 g/mol. The molecule has 28 heavy (non-hydrogen) atoms. The summed E-state index contributed by atoms with van der Waals surface area (Å²) in [5.41, 5.74) is 2.08. The quantitative estimate of drug-likeness (QED) is 0.678. The van der Waals surface area contributed by atoms with Gasteiger partial charge in [-0.3, -0.25) is 9.59 Å². The van der Waals surface area contributed by atoms with Crippen molar-refractivity contribution in [2.24, 2.45) is 0 Å². The average molecular weight is 402 g/mol. The number of halogens is 1. The molecule has 0 bridgehead atoms. The fourth-order valence-electron chi connectivity index (χ4n) is 3.01. The highest BCUT2D eigenvalue weighted by Crippen LogP contribution is 2.19. The highest BCUT2D eigenvalue weighted by Gasteiger charge is 2.19. The van der Waals surface area contributed by atoms with Crippen LogP contribution in [-0.4, -0.2) is 43.4 Å². The minimum absolute atomic E-state index is 0.103. The van der Waals surface area contributed by atoms with Gasteiger partial charge in [-0.1, -0.05) is 54.1 Å². The zero-order chi connectivity index (χ0) is 20.5. The number of rotatable bonds is 9. The minimum atomic E-state index is -0.387. The van der Waals surface area contributed by atoms with Gasteiger partial charge in [0.05, 0.1) is 12.5 Å². The summed E-state index contributed by atoms with van der Waals surface area (Å²) in [6, 6.07) is 17.2. The summed E-state index contributed by atoms with van der Waals surface area (Å²) in [7, 11) is 4.02. The van der Waals surface area contributed by atoms with E-state index in [1.54, 1.807) is 12.1 Å². The predicted octanol–water partition coefficient (Wildman–Crippen LogP) is 3.20. The first kappa shape index (κ1) is 21.9. The minimum Gasteiger partial charge on any atom is -0.354 e. The van der Waals surface area contributed by atoms with Gasteiger partial charge in [-0.2, -0.15) is 0 Å². The standard InChI is InChI=1S/C22H28ClN3O2/c1-16(27)25-21(18-9-11-19(23)12-10-18)14-22(28)24-15-20(26(2)3)13-17-7-5-4-6-8-17/h4-12,20-21H,13-15H2,1-3H3,(H,24,28)(H,25,27). The van der Waals surface area contributed by atoms with Crippen molar-refractivity contribution in [3.05, 3.63) is 70.7 Å². The van der Waals surface area contributed by atoms with Gasteiger partial charge in [0, 0.05) is 24.5 Å². The van der Waals surface area contributed by atoms with Gasteiger partial charge >= 0.3 is 0 Å². The molecule has 0 spiro atoms. The Balaban J connectivity index is 1.96. The van der Waals surface area contributed by atoms with Gasteiger partial charge in [0.15, 0.2) is 0 Å². The molecular formula is C22H28ClN3O2. The number of hydrogen-bond donors (Lipinski definition) is 2. The molecule has 2 N–H and O–H groups in total. The molecule has 2 rings (SSSR count). The zero-order valence-corrected chi connectivity index (χ0v) is 17.4. The van der Waals surface area contributed by atoms with Crippen molar-refractivity contribution in [3.63, 3.8) is 0 Å². The van der Waals surface area contributed by atoms with Gasteiger partial charge < -0.3 is 15.5 Å². The van der Waals surface area contributed by atoms with Crippen LogP contribution in [0, 0.1) is 0 Å². The third-order valence-corrected chi connectivity index (χ3v) is 4.87. The lowest BCUT2D eigenvalue weighted by molar-refractivity contribution is -0.123. The molecule has 2 atom stereocenters. The lowest BCUT2D eigenvalue weighted by Crippen LogP contribution is -2.42. The first-order valence-corrected chi connectivity index (χ1v) is 9.72.